The molecule has 0 fully saturated rings. The second kappa shape index (κ2) is 13.3. The summed E-state index contributed by atoms with van der Waals surface area (Å²) in [5.41, 5.74) is 15.4. The normalized spacial score (nSPS) is 13.3. The SMILES string of the molecule is CC(C)c1ccc(C2=C3[CH+]C=CC=C3c3ccccc32)cc1.Clc1ccc2c(c1)-c1cc(Cl)ccc1[C+]2c1ccccc1.[CH3-].[CH3-]. The van der Waals surface area contributed by atoms with E-state index in [9.17, 15) is 0 Å². The lowest BCUT2D eigenvalue weighted by Crippen LogP contribution is -1.99. The van der Waals surface area contributed by atoms with E-state index in [1.165, 1.54) is 61.6 Å². The maximum absolute atomic E-state index is 6.18. The molecule has 3 aliphatic rings. The molecular formula is C43H36Cl2. The van der Waals surface area contributed by atoms with Crippen LogP contribution in [-0.4, -0.2) is 0 Å². The molecule has 0 saturated heterocycles. The minimum Gasteiger partial charge on any atom is -0.358 e. The molecule has 0 heterocycles. The molecule has 5 aromatic rings. The number of hydrogen-bond donors (Lipinski definition) is 0. The lowest BCUT2D eigenvalue weighted by molar-refractivity contribution is 0.866. The van der Waals surface area contributed by atoms with Crippen molar-refractivity contribution in [3.63, 3.8) is 0 Å². The second-order valence-corrected chi connectivity index (χ2v) is 12.2. The molecular weight excluding hydrogens is 587 g/mol. The Labute approximate surface area is 279 Å². The number of hydrogen-bond acceptors (Lipinski definition) is 0. The lowest BCUT2D eigenvalue weighted by Gasteiger charge is -2.08. The van der Waals surface area contributed by atoms with Crippen molar-refractivity contribution < 1.29 is 0 Å². The third-order valence-corrected chi connectivity index (χ3v) is 8.87. The molecule has 0 spiro atoms. The molecule has 0 atom stereocenters. The van der Waals surface area contributed by atoms with Crippen LogP contribution in [-0.2, 0) is 0 Å². The van der Waals surface area contributed by atoms with Crippen LogP contribution in [0.3, 0.4) is 0 Å². The summed E-state index contributed by atoms with van der Waals surface area (Å²) in [6.07, 6.45) is 8.72. The highest BCUT2D eigenvalue weighted by Gasteiger charge is 2.37. The lowest BCUT2D eigenvalue weighted by atomic mass is 9.89. The van der Waals surface area contributed by atoms with E-state index < -0.39 is 0 Å². The first kappa shape index (κ1) is 32.0. The van der Waals surface area contributed by atoms with Gasteiger partial charge in [0.2, 0.25) is 0 Å². The maximum Gasteiger partial charge on any atom is 0.113 e. The van der Waals surface area contributed by atoms with Gasteiger partial charge in [0.25, 0.3) is 0 Å². The molecule has 0 bridgehead atoms. The Hall–Kier alpha value is -4.36. The van der Waals surface area contributed by atoms with E-state index in [1.807, 2.05) is 30.3 Å². The first-order chi connectivity index (χ1) is 21.0. The van der Waals surface area contributed by atoms with Gasteiger partial charge in [0.1, 0.15) is 5.57 Å². The first-order valence-corrected chi connectivity index (χ1v) is 15.4. The Bertz CT molecular complexity index is 1870. The minimum atomic E-state index is 0. The predicted octanol–water partition coefficient (Wildman–Crippen LogP) is 12.7. The van der Waals surface area contributed by atoms with Gasteiger partial charge < -0.3 is 14.9 Å². The predicted molar refractivity (Wildman–Crippen MR) is 196 cm³/mol. The van der Waals surface area contributed by atoms with Crippen molar-refractivity contribution in [3.05, 3.63) is 215 Å². The average Bonchev–Trinajstić information content (AvgIpc) is 3.54. The Balaban J connectivity index is 0.000000170. The Morgan fingerprint density at radius 2 is 1.20 bits per heavy atom. The molecule has 0 amide bonds. The van der Waals surface area contributed by atoms with Crippen LogP contribution in [0.1, 0.15) is 58.7 Å². The van der Waals surface area contributed by atoms with Crippen LogP contribution in [0.15, 0.2) is 139 Å². The summed E-state index contributed by atoms with van der Waals surface area (Å²) < 4.78 is 0. The van der Waals surface area contributed by atoms with E-state index in [4.69, 9.17) is 23.2 Å². The van der Waals surface area contributed by atoms with E-state index in [0.717, 1.165) is 21.2 Å². The van der Waals surface area contributed by atoms with Crippen LogP contribution in [0.4, 0.5) is 0 Å². The van der Waals surface area contributed by atoms with E-state index in [1.54, 1.807) is 0 Å². The van der Waals surface area contributed by atoms with Crippen LogP contribution in [0, 0.1) is 27.2 Å². The number of rotatable bonds is 3. The molecule has 0 unspecified atom stereocenters. The van der Waals surface area contributed by atoms with Crippen molar-refractivity contribution in [2.24, 2.45) is 0 Å². The molecule has 222 valence electrons. The number of halogens is 2. The summed E-state index contributed by atoms with van der Waals surface area (Å²) in [5, 5.41) is 1.49. The van der Waals surface area contributed by atoms with Crippen molar-refractivity contribution in [1.29, 1.82) is 0 Å². The molecule has 0 aromatic heterocycles. The Kier molecular flexibility index (Phi) is 9.49. The van der Waals surface area contributed by atoms with Gasteiger partial charge in [-0.25, -0.2) is 0 Å². The van der Waals surface area contributed by atoms with Crippen LogP contribution < -0.4 is 0 Å². The van der Waals surface area contributed by atoms with Gasteiger partial charge in [-0.1, -0.05) is 67.4 Å². The third-order valence-electron chi connectivity index (χ3n) is 8.40. The van der Waals surface area contributed by atoms with Crippen molar-refractivity contribution in [2.45, 2.75) is 19.8 Å². The molecule has 0 aliphatic heterocycles. The van der Waals surface area contributed by atoms with Gasteiger partial charge in [-0.15, -0.1) is 0 Å². The summed E-state index contributed by atoms with van der Waals surface area (Å²) >= 11 is 12.4. The Morgan fingerprint density at radius 1 is 0.622 bits per heavy atom. The van der Waals surface area contributed by atoms with Gasteiger partial charge in [-0.2, -0.15) is 0 Å². The highest BCUT2D eigenvalue weighted by atomic mass is 35.5. The van der Waals surface area contributed by atoms with Gasteiger partial charge in [-0.3, -0.25) is 0 Å². The summed E-state index contributed by atoms with van der Waals surface area (Å²) in [6.45, 7) is 4.48. The quantitative estimate of drug-likeness (QED) is 0.172. The summed E-state index contributed by atoms with van der Waals surface area (Å²) in [5.74, 6) is 1.82. The third kappa shape index (κ3) is 5.89. The molecule has 0 saturated carbocycles. The second-order valence-electron chi connectivity index (χ2n) is 11.4. The Morgan fingerprint density at radius 3 is 1.80 bits per heavy atom. The van der Waals surface area contributed by atoms with Crippen molar-refractivity contribution in [2.75, 3.05) is 0 Å². The largest absolute Gasteiger partial charge is 0.358 e. The van der Waals surface area contributed by atoms with Gasteiger partial charge in [0.15, 0.2) is 0 Å². The maximum atomic E-state index is 6.18. The molecule has 45 heavy (non-hydrogen) atoms. The fourth-order valence-electron chi connectivity index (χ4n) is 6.34. The highest BCUT2D eigenvalue weighted by Crippen LogP contribution is 2.49. The van der Waals surface area contributed by atoms with E-state index in [-0.39, 0.29) is 14.9 Å². The minimum absolute atomic E-state index is 0. The fraction of sp³-hybridized carbons (Fsp3) is 0.0698. The zero-order chi connectivity index (χ0) is 29.5. The molecule has 5 aromatic carbocycles. The summed E-state index contributed by atoms with van der Waals surface area (Å²) in [7, 11) is 0. The van der Waals surface area contributed by atoms with Gasteiger partial charge in [0, 0.05) is 41.3 Å². The van der Waals surface area contributed by atoms with Gasteiger partial charge in [-0.05, 0) is 96.4 Å². The molecule has 2 heteroatoms. The summed E-state index contributed by atoms with van der Waals surface area (Å²) in [6, 6.07) is 40.3. The highest BCUT2D eigenvalue weighted by molar-refractivity contribution is 6.31. The van der Waals surface area contributed by atoms with Gasteiger partial charge in [0.05, 0.1) is 54.9 Å². The summed E-state index contributed by atoms with van der Waals surface area (Å²) in [4.78, 5) is 0. The first-order valence-electron chi connectivity index (χ1n) is 14.7. The smallest absolute Gasteiger partial charge is 0.113 e. The van der Waals surface area contributed by atoms with Crippen LogP contribution in [0.5, 0.6) is 0 Å². The topological polar surface area (TPSA) is 0 Å². The molecule has 0 radical (unpaired) electrons. The van der Waals surface area contributed by atoms with E-state index >= 15 is 0 Å². The van der Waals surface area contributed by atoms with E-state index in [0.29, 0.717) is 5.92 Å². The molecule has 0 nitrogen and oxygen atoms in total. The fourth-order valence-corrected chi connectivity index (χ4v) is 6.68. The standard InChI is InChI=1S/C22H19.C19H11Cl2.2CH3/c1-15(2)16-11-13-17(14-12-16)22-20-9-5-3-7-18(20)19-8-4-6-10-21(19)22;20-13-6-8-15-17(10-13)18-11-14(21)7-9-16(18)19(15)12-4-2-1-3-5-12;;/h3-15H,1-2H3;1-11H;2*1H3/q2*+1;2*-1. The number of fused-ring (bicyclic) bond motifs is 6. The number of allylic oxidation sites excluding steroid dienone is 5. The van der Waals surface area contributed by atoms with E-state index in [2.05, 4.69) is 123 Å². The zero-order valence-corrected chi connectivity index (χ0v) is 27.6. The van der Waals surface area contributed by atoms with Crippen LogP contribution >= 0.6 is 23.2 Å². The monoisotopic (exact) mass is 622 g/mol. The van der Waals surface area contributed by atoms with Crippen LogP contribution in [0.2, 0.25) is 10.0 Å². The zero-order valence-electron chi connectivity index (χ0n) is 26.1. The van der Waals surface area contributed by atoms with Crippen molar-refractivity contribution in [1.82, 2.24) is 0 Å². The average molecular weight is 624 g/mol. The molecule has 8 rings (SSSR count). The van der Waals surface area contributed by atoms with Crippen molar-refractivity contribution in [3.8, 4) is 11.1 Å². The van der Waals surface area contributed by atoms with Crippen molar-refractivity contribution >= 4 is 34.3 Å². The molecule has 3 aliphatic carbocycles. The van der Waals surface area contributed by atoms with Gasteiger partial charge >= 0.3 is 0 Å². The molecule has 0 N–H and O–H groups in total. The number of benzene rings is 5. The van der Waals surface area contributed by atoms with Crippen LogP contribution in [0.25, 0.3) is 22.3 Å².